The number of aliphatic hydroxyl groups is 1. The molecule has 1 aromatic carbocycles. The number of rotatable bonds is 7. The number of benzene rings is 1. The highest BCUT2D eigenvalue weighted by Gasteiger charge is 2.15. The van der Waals surface area contributed by atoms with Crippen LogP contribution in [0, 0.1) is 0 Å². The van der Waals surface area contributed by atoms with Crippen molar-refractivity contribution in [1.82, 2.24) is 0 Å². The van der Waals surface area contributed by atoms with Crippen LogP contribution in [0.25, 0.3) is 11.0 Å². The van der Waals surface area contributed by atoms with Crippen molar-refractivity contribution in [1.29, 1.82) is 0 Å². The minimum absolute atomic E-state index is 0.114. The molecule has 0 atom stereocenters. The quantitative estimate of drug-likeness (QED) is 0.600. The number of fused-ring (bicyclic) bond motifs is 1. The third-order valence-electron chi connectivity index (χ3n) is 2.92. The lowest BCUT2D eigenvalue weighted by atomic mass is 10.2. The van der Waals surface area contributed by atoms with E-state index in [0.29, 0.717) is 17.7 Å². The van der Waals surface area contributed by atoms with E-state index in [2.05, 4.69) is 0 Å². The Kier molecular flexibility index (Phi) is 5.05. The molecule has 2 aromatic rings. The van der Waals surface area contributed by atoms with Crippen LogP contribution in [0.2, 0.25) is 0 Å². The summed E-state index contributed by atoms with van der Waals surface area (Å²) in [6, 6.07) is 4.68. The molecular weight excluding hydrogens is 276 g/mol. The Hall–Kier alpha value is -2.21. The van der Waals surface area contributed by atoms with E-state index in [-0.39, 0.29) is 30.3 Å². The minimum Gasteiger partial charge on any atom is -0.504 e. The van der Waals surface area contributed by atoms with E-state index in [1.807, 2.05) is 6.92 Å². The predicted molar refractivity (Wildman–Crippen MR) is 77.1 cm³/mol. The van der Waals surface area contributed by atoms with Crippen LogP contribution in [-0.2, 0) is 0 Å². The fraction of sp³-hybridized carbons (Fsp3) is 0.400. The molecule has 6 nitrogen and oxygen atoms in total. The molecule has 2 N–H and O–H groups in total. The van der Waals surface area contributed by atoms with Crippen molar-refractivity contribution in [2.45, 2.75) is 19.8 Å². The zero-order chi connectivity index (χ0) is 15.2. The lowest BCUT2D eigenvalue weighted by Crippen LogP contribution is -2.08. The van der Waals surface area contributed by atoms with Gasteiger partial charge in [-0.25, -0.2) is 4.79 Å². The zero-order valence-electron chi connectivity index (χ0n) is 11.8. The Balaban J connectivity index is 2.35. The van der Waals surface area contributed by atoms with Crippen molar-refractivity contribution in [3.63, 3.8) is 0 Å². The summed E-state index contributed by atoms with van der Waals surface area (Å²) in [6.45, 7) is 2.37. The molecule has 0 radical (unpaired) electrons. The SMILES string of the molecule is CCCCOc1c(O)c2ccc(OCCO)cc2oc1=O. The smallest absolute Gasteiger partial charge is 0.383 e. The summed E-state index contributed by atoms with van der Waals surface area (Å²) in [5.74, 6) is 0.0461. The first-order valence-electron chi connectivity index (χ1n) is 6.83. The van der Waals surface area contributed by atoms with E-state index in [0.717, 1.165) is 12.8 Å². The molecule has 21 heavy (non-hydrogen) atoms. The van der Waals surface area contributed by atoms with Gasteiger partial charge in [-0.15, -0.1) is 0 Å². The van der Waals surface area contributed by atoms with Gasteiger partial charge in [0.15, 0.2) is 5.75 Å². The molecule has 1 aromatic heterocycles. The van der Waals surface area contributed by atoms with Crippen LogP contribution >= 0.6 is 0 Å². The largest absolute Gasteiger partial charge is 0.504 e. The molecule has 0 spiro atoms. The molecule has 0 saturated carbocycles. The summed E-state index contributed by atoms with van der Waals surface area (Å²) in [5.41, 5.74) is -0.522. The maximum Gasteiger partial charge on any atom is 0.383 e. The van der Waals surface area contributed by atoms with E-state index in [1.165, 1.54) is 6.07 Å². The zero-order valence-corrected chi connectivity index (χ0v) is 11.8. The fourth-order valence-electron chi connectivity index (χ4n) is 1.85. The Morgan fingerprint density at radius 1 is 1.24 bits per heavy atom. The Bertz CT molecular complexity index is 661. The van der Waals surface area contributed by atoms with Gasteiger partial charge in [-0.05, 0) is 18.6 Å². The van der Waals surface area contributed by atoms with E-state index >= 15 is 0 Å². The highest BCUT2D eigenvalue weighted by Crippen LogP contribution is 2.33. The molecule has 0 bridgehead atoms. The van der Waals surface area contributed by atoms with Gasteiger partial charge >= 0.3 is 5.63 Å². The fourth-order valence-corrected chi connectivity index (χ4v) is 1.85. The molecule has 0 aliphatic carbocycles. The molecule has 0 amide bonds. The number of aliphatic hydroxyl groups excluding tert-OH is 1. The van der Waals surface area contributed by atoms with E-state index in [9.17, 15) is 9.90 Å². The molecule has 0 aliphatic rings. The molecule has 0 unspecified atom stereocenters. The van der Waals surface area contributed by atoms with Crippen molar-refractivity contribution in [2.75, 3.05) is 19.8 Å². The number of hydrogen-bond acceptors (Lipinski definition) is 6. The van der Waals surface area contributed by atoms with Gasteiger partial charge in [0.25, 0.3) is 0 Å². The molecule has 0 aliphatic heterocycles. The molecule has 6 heteroatoms. The van der Waals surface area contributed by atoms with E-state index in [4.69, 9.17) is 19.0 Å². The lowest BCUT2D eigenvalue weighted by Gasteiger charge is -2.09. The number of unbranched alkanes of at least 4 members (excludes halogenated alkanes) is 1. The van der Waals surface area contributed by atoms with Crippen LogP contribution in [0.15, 0.2) is 27.4 Å². The van der Waals surface area contributed by atoms with Gasteiger partial charge in [0.2, 0.25) is 5.75 Å². The number of aromatic hydroxyl groups is 1. The number of hydrogen-bond donors (Lipinski definition) is 2. The second-order valence-corrected chi connectivity index (χ2v) is 4.50. The maximum absolute atomic E-state index is 11.8. The van der Waals surface area contributed by atoms with Gasteiger partial charge in [0.05, 0.1) is 18.6 Å². The van der Waals surface area contributed by atoms with Crippen LogP contribution in [0.5, 0.6) is 17.2 Å². The highest BCUT2D eigenvalue weighted by molar-refractivity contribution is 5.86. The lowest BCUT2D eigenvalue weighted by molar-refractivity contribution is 0.201. The average Bonchev–Trinajstić information content (AvgIpc) is 2.48. The van der Waals surface area contributed by atoms with Gasteiger partial charge in [-0.2, -0.15) is 0 Å². The van der Waals surface area contributed by atoms with E-state index < -0.39 is 5.63 Å². The van der Waals surface area contributed by atoms with Crippen molar-refractivity contribution >= 4 is 11.0 Å². The molecule has 1 heterocycles. The standard InChI is InChI=1S/C15H18O6/c1-2-3-7-20-14-13(17)11-5-4-10(19-8-6-16)9-12(11)21-15(14)18/h4-5,9,16-17H,2-3,6-8H2,1H3. The minimum atomic E-state index is -0.726. The molecule has 2 rings (SSSR count). The van der Waals surface area contributed by atoms with Crippen LogP contribution in [-0.4, -0.2) is 30.0 Å². The molecule has 114 valence electrons. The maximum atomic E-state index is 11.8. The van der Waals surface area contributed by atoms with Crippen LogP contribution in [0.4, 0.5) is 0 Å². The predicted octanol–water partition coefficient (Wildman–Crippen LogP) is 2.05. The van der Waals surface area contributed by atoms with Crippen LogP contribution < -0.4 is 15.1 Å². The Labute approximate surface area is 121 Å². The Morgan fingerprint density at radius 3 is 2.76 bits per heavy atom. The second-order valence-electron chi connectivity index (χ2n) is 4.50. The first-order valence-corrected chi connectivity index (χ1v) is 6.83. The van der Waals surface area contributed by atoms with Gasteiger partial charge in [0, 0.05) is 6.07 Å². The second kappa shape index (κ2) is 6.99. The third kappa shape index (κ3) is 3.46. The first kappa shape index (κ1) is 15.2. The highest BCUT2D eigenvalue weighted by atomic mass is 16.5. The van der Waals surface area contributed by atoms with Crippen LogP contribution in [0.3, 0.4) is 0 Å². The van der Waals surface area contributed by atoms with Crippen molar-refractivity contribution < 1.29 is 24.1 Å². The van der Waals surface area contributed by atoms with Crippen molar-refractivity contribution in [2.24, 2.45) is 0 Å². The molecule has 0 saturated heterocycles. The van der Waals surface area contributed by atoms with Crippen molar-refractivity contribution in [3.05, 3.63) is 28.6 Å². The van der Waals surface area contributed by atoms with Gasteiger partial charge in [-0.3, -0.25) is 0 Å². The Morgan fingerprint density at radius 2 is 2.05 bits per heavy atom. The monoisotopic (exact) mass is 294 g/mol. The topological polar surface area (TPSA) is 89.1 Å². The molecular formula is C15H18O6. The van der Waals surface area contributed by atoms with Crippen molar-refractivity contribution in [3.8, 4) is 17.2 Å². The number of ether oxygens (including phenoxy) is 2. The van der Waals surface area contributed by atoms with Gasteiger partial charge < -0.3 is 24.1 Å². The summed E-state index contributed by atoms with van der Waals surface area (Å²) in [7, 11) is 0. The summed E-state index contributed by atoms with van der Waals surface area (Å²) < 4.78 is 15.7. The summed E-state index contributed by atoms with van der Waals surface area (Å²) in [5, 5.41) is 19.2. The first-order chi connectivity index (χ1) is 10.2. The molecule has 0 fully saturated rings. The third-order valence-corrected chi connectivity index (χ3v) is 2.92. The van der Waals surface area contributed by atoms with Gasteiger partial charge in [0.1, 0.15) is 17.9 Å². The van der Waals surface area contributed by atoms with Crippen LogP contribution in [0.1, 0.15) is 19.8 Å². The normalized spacial score (nSPS) is 10.8. The summed E-state index contributed by atoms with van der Waals surface area (Å²) in [4.78, 5) is 11.8. The van der Waals surface area contributed by atoms with Gasteiger partial charge in [-0.1, -0.05) is 13.3 Å². The van der Waals surface area contributed by atoms with E-state index in [1.54, 1.807) is 12.1 Å². The average molecular weight is 294 g/mol. The summed E-state index contributed by atoms with van der Waals surface area (Å²) >= 11 is 0. The summed E-state index contributed by atoms with van der Waals surface area (Å²) in [6.07, 6.45) is 1.70.